The van der Waals surface area contributed by atoms with Crippen LogP contribution in [0.25, 0.3) is 0 Å². The van der Waals surface area contributed by atoms with Gasteiger partial charge in [0.2, 0.25) is 5.88 Å². The molecule has 1 aromatic heterocycles. The smallest absolute Gasteiger partial charge is 0.332 e. The number of pyridine rings is 1. The number of amides is 1. The van der Waals surface area contributed by atoms with Crippen LogP contribution in [0.3, 0.4) is 0 Å². The Morgan fingerprint density at radius 3 is 2.61 bits per heavy atom. The van der Waals surface area contributed by atoms with Crippen molar-refractivity contribution in [1.29, 1.82) is 0 Å². The molecule has 0 bridgehead atoms. The number of nitrogens with zero attached hydrogens (tertiary/aromatic N) is 1. The van der Waals surface area contributed by atoms with Gasteiger partial charge in [-0.15, -0.1) is 0 Å². The van der Waals surface area contributed by atoms with E-state index in [1.54, 1.807) is 25.2 Å². The van der Waals surface area contributed by atoms with Crippen LogP contribution in [0.1, 0.15) is 38.1 Å². The second-order valence-electron chi connectivity index (χ2n) is 6.92. The van der Waals surface area contributed by atoms with E-state index in [1.807, 2.05) is 26.8 Å². The van der Waals surface area contributed by atoms with Crippen LogP contribution in [0.2, 0.25) is 0 Å². The molecule has 0 fully saturated rings. The Morgan fingerprint density at radius 1 is 1.32 bits per heavy atom. The van der Waals surface area contributed by atoms with Gasteiger partial charge in [-0.25, -0.2) is 9.78 Å². The van der Waals surface area contributed by atoms with Crippen LogP contribution < -0.4 is 10.1 Å². The number of rotatable bonds is 9. The van der Waals surface area contributed by atoms with E-state index in [0.717, 1.165) is 0 Å². The van der Waals surface area contributed by atoms with Crippen molar-refractivity contribution in [1.82, 2.24) is 10.3 Å². The number of hydrogen-bond donors (Lipinski definition) is 1. The number of ether oxygens (including phenoxy) is 2. The lowest BCUT2D eigenvalue weighted by atomic mass is 9.95. The molecule has 0 saturated carbocycles. The molecule has 0 aliphatic heterocycles. The lowest BCUT2D eigenvalue weighted by Gasteiger charge is -2.17. The third-order valence-corrected chi connectivity index (χ3v) is 3.32. The van der Waals surface area contributed by atoms with Gasteiger partial charge in [0.25, 0.3) is 5.91 Å². The van der Waals surface area contributed by atoms with E-state index >= 15 is 0 Å². The highest BCUT2D eigenvalue weighted by molar-refractivity contribution is 5.97. The van der Waals surface area contributed by atoms with Crippen molar-refractivity contribution in [2.75, 3.05) is 6.61 Å². The second-order valence-corrected chi connectivity index (χ2v) is 6.92. The third kappa shape index (κ3) is 8.03. The molecule has 1 amide bonds. The molecule has 0 spiro atoms. The first-order valence-electron chi connectivity index (χ1n) is 8.96. The van der Waals surface area contributed by atoms with Crippen molar-refractivity contribution in [3.63, 3.8) is 0 Å². The largest absolute Gasteiger partial charge is 0.464 e. The Kier molecular flexibility index (Phi) is 8.88. The molecule has 0 aromatic carbocycles. The summed E-state index contributed by atoms with van der Waals surface area (Å²) in [6.07, 6.45) is 9.62. The van der Waals surface area contributed by atoms with E-state index < -0.39 is 17.9 Å². The number of allylic oxidation sites excluding steroid dienone is 4. The van der Waals surface area contributed by atoms with Crippen molar-refractivity contribution in [2.24, 2.45) is 5.41 Å². The summed E-state index contributed by atoms with van der Waals surface area (Å²) in [5, 5.41) is 2.68. The molecule has 1 rings (SSSR count). The van der Waals surface area contributed by atoms with Gasteiger partial charge in [-0.2, -0.15) is 0 Å². The SMILES string of the molecule is C=C/C=C(\C=C)Oc1cc(C(=O)NC(/C=C/C(C)(C)C)C(=O)OCC)ccn1. The monoisotopic (exact) mass is 384 g/mol. The minimum Gasteiger partial charge on any atom is -0.464 e. The van der Waals surface area contributed by atoms with E-state index in [-0.39, 0.29) is 17.9 Å². The Morgan fingerprint density at radius 2 is 2.04 bits per heavy atom. The van der Waals surface area contributed by atoms with E-state index in [9.17, 15) is 9.59 Å². The number of nitrogens with one attached hydrogen (secondary N) is 1. The average Bonchev–Trinajstić information content (AvgIpc) is 2.64. The number of esters is 1. The van der Waals surface area contributed by atoms with E-state index in [1.165, 1.54) is 24.4 Å². The predicted octanol–water partition coefficient (Wildman–Crippen LogP) is 3.98. The van der Waals surface area contributed by atoms with Gasteiger partial charge in [0.1, 0.15) is 11.8 Å². The fourth-order valence-electron chi connectivity index (χ4n) is 2.01. The van der Waals surface area contributed by atoms with E-state index in [4.69, 9.17) is 9.47 Å². The highest BCUT2D eigenvalue weighted by Gasteiger charge is 2.21. The molecule has 0 radical (unpaired) electrons. The van der Waals surface area contributed by atoms with Crippen LogP contribution in [-0.4, -0.2) is 29.5 Å². The molecule has 1 N–H and O–H groups in total. The molecular weight excluding hydrogens is 356 g/mol. The van der Waals surface area contributed by atoms with Gasteiger partial charge in [-0.3, -0.25) is 4.79 Å². The van der Waals surface area contributed by atoms with Crippen molar-refractivity contribution < 1.29 is 19.1 Å². The van der Waals surface area contributed by atoms with Crippen LogP contribution >= 0.6 is 0 Å². The normalized spacial score (nSPS) is 12.9. The lowest BCUT2D eigenvalue weighted by Crippen LogP contribution is -2.40. The van der Waals surface area contributed by atoms with Gasteiger partial charge < -0.3 is 14.8 Å². The standard InChI is InChI=1S/C22H28N2O4/c1-7-10-17(8-2)28-19-15-16(12-14-23-19)20(25)24-18(21(26)27-9-3)11-13-22(4,5)6/h7-8,10-15,18H,1-2,9H2,3-6H3,(H,24,25)/b13-11+,17-10+. The van der Waals surface area contributed by atoms with Gasteiger partial charge in [-0.05, 0) is 30.6 Å². The van der Waals surface area contributed by atoms with E-state index in [0.29, 0.717) is 11.3 Å². The van der Waals surface area contributed by atoms with Gasteiger partial charge in [0.05, 0.1) is 6.61 Å². The average molecular weight is 384 g/mol. The summed E-state index contributed by atoms with van der Waals surface area (Å²) in [6.45, 7) is 15.2. The number of carbonyl (C=O) groups is 2. The molecule has 1 unspecified atom stereocenters. The number of hydrogen-bond acceptors (Lipinski definition) is 5. The number of aromatic nitrogens is 1. The minimum absolute atomic E-state index is 0.147. The van der Waals surface area contributed by atoms with Gasteiger partial charge in [0.15, 0.2) is 0 Å². The van der Waals surface area contributed by atoms with Gasteiger partial charge in [0, 0.05) is 17.8 Å². The summed E-state index contributed by atoms with van der Waals surface area (Å²) >= 11 is 0. The molecule has 0 aliphatic carbocycles. The summed E-state index contributed by atoms with van der Waals surface area (Å²) in [7, 11) is 0. The summed E-state index contributed by atoms with van der Waals surface area (Å²) in [5.41, 5.74) is 0.150. The van der Waals surface area contributed by atoms with Crippen LogP contribution in [0, 0.1) is 5.41 Å². The van der Waals surface area contributed by atoms with Crippen molar-refractivity contribution >= 4 is 11.9 Å². The first-order valence-corrected chi connectivity index (χ1v) is 8.96. The van der Waals surface area contributed by atoms with Gasteiger partial charge in [-0.1, -0.05) is 52.2 Å². The maximum Gasteiger partial charge on any atom is 0.332 e. The maximum atomic E-state index is 12.6. The van der Waals surface area contributed by atoms with Crippen molar-refractivity contribution in [2.45, 2.75) is 33.7 Å². The number of carbonyl (C=O) groups excluding carboxylic acids is 2. The second kappa shape index (κ2) is 10.9. The summed E-state index contributed by atoms with van der Waals surface area (Å²) in [5.74, 6) is -0.308. The predicted molar refractivity (Wildman–Crippen MR) is 110 cm³/mol. The molecular formula is C22H28N2O4. The van der Waals surface area contributed by atoms with Crippen LogP contribution in [0.4, 0.5) is 0 Å². The molecule has 1 heterocycles. The Labute approximate surface area is 166 Å². The zero-order chi connectivity index (χ0) is 21.2. The first-order chi connectivity index (χ1) is 13.2. The summed E-state index contributed by atoms with van der Waals surface area (Å²) in [4.78, 5) is 28.9. The Bertz CT molecular complexity index is 773. The minimum atomic E-state index is -0.895. The molecule has 28 heavy (non-hydrogen) atoms. The molecule has 1 aromatic rings. The molecule has 6 nitrogen and oxygen atoms in total. The quantitative estimate of drug-likeness (QED) is 0.302. The zero-order valence-corrected chi connectivity index (χ0v) is 16.9. The summed E-state index contributed by atoms with van der Waals surface area (Å²) in [6, 6.07) is 2.11. The van der Waals surface area contributed by atoms with Crippen molar-refractivity contribution in [3.8, 4) is 5.88 Å². The Balaban J connectivity index is 3.01. The van der Waals surface area contributed by atoms with Crippen molar-refractivity contribution in [3.05, 3.63) is 73.2 Å². The molecule has 1 atom stereocenters. The highest BCUT2D eigenvalue weighted by Crippen LogP contribution is 2.16. The third-order valence-electron chi connectivity index (χ3n) is 3.32. The van der Waals surface area contributed by atoms with Gasteiger partial charge >= 0.3 is 5.97 Å². The maximum absolute atomic E-state index is 12.6. The van der Waals surface area contributed by atoms with Crippen LogP contribution in [-0.2, 0) is 9.53 Å². The molecule has 6 heteroatoms. The van der Waals surface area contributed by atoms with E-state index in [2.05, 4.69) is 23.5 Å². The molecule has 0 saturated heterocycles. The molecule has 150 valence electrons. The van der Waals surface area contributed by atoms with Crippen LogP contribution in [0.5, 0.6) is 5.88 Å². The topological polar surface area (TPSA) is 77.5 Å². The Hall–Kier alpha value is -3.15. The fraction of sp³-hybridized carbons (Fsp3) is 0.318. The fourth-order valence-corrected chi connectivity index (χ4v) is 2.01. The lowest BCUT2D eigenvalue weighted by molar-refractivity contribution is -0.144. The zero-order valence-electron chi connectivity index (χ0n) is 16.9. The first kappa shape index (κ1) is 22.9. The van der Waals surface area contributed by atoms with Crippen LogP contribution in [0.15, 0.2) is 67.6 Å². The molecule has 0 aliphatic rings. The highest BCUT2D eigenvalue weighted by atomic mass is 16.5. The summed E-state index contributed by atoms with van der Waals surface area (Å²) < 4.78 is 10.6.